The summed E-state index contributed by atoms with van der Waals surface area (Å²) in [6, 6.07) is 15.8. The van der Waals surface area contributed by atoms with Crippen molar-refractivity contribution in [3.05, 3.63) is 48.0 Å². The topological polar surface area (TPSA) is 45.9 Å². The molecule has 1 aromatic carbocycles. The van der Waals surface area contributed by atoms with Crippen molar-refractivity contribution in [2.75, 3.05) is 7.11 Å². The maximum absolute atomic E-state index is 8.69. The van der Waals surface area contributed by atoms with E-state index < -0.39 is 0 Å². The van der Waals surface area contributed by atoms with Gasteiger partial charge in [-0.25, -0.2) is 4.98 Å². The molecule has 0 saturated carbocycles. The Morgan fingerprint density at radius 2 is 1.94 bits per heavy atom. The van der Waals surface area contributed by atoms with Crippen molar-refractivity contribution in [2.24, 2.45) is 0 Å². The quantitative estimate of drug-likeness (QED) is 0.805. The lowest BCUT2D eigenvalue weighted by Crippen LogP contribution is -1.96. The molecular weight excluding hydrogens is 212 g/mol. The van der Waals surface area contributed by atoms with E-state index in [-0.39, 0.29) is 0 Å². The third-order valence-electron chi connectivity index (χ3n) is 2.47. The van der Waals surface area contributed by atoms with Crippen LogP contribution in [0.4, 0.5) is 0 Å². The predicted octanol–water partition coefficient (Wildman–Crippen LogP) is 2.82. The number of nitriles is 1. The molecular formula is C14H12N2O. The summed E-state index contributed by atoms with van der Waals surface area (Å²) in [5, 5.41) is 8.69. The van der Waals surface area contributed by atoms with Gasteiger partial charge in [0.05, 0.1) is 25.3 Å². The molecule has 0 aliphatic rings. The van der Waals surface area contributed by atoms with E-state index in [9.17, 15) is 0 Å². The molecule has 2 aromatic rings. The van der Waals surface area contributed by atoms with Crippen LogP contribution < -0.4 is 4.74 Å². The number of ether oxygens (including phenoxy) is 1. The molecule has 0 amide bonds. The summed E-state index contributed by atoms with van der Waals surface area (Å²) in [5.41, 5.74) is 2.70. The van der Waals surface area contributed by atoms with Crippen LogP contribution in [0.15, 0.2) is 42.5 Å². The summed E-state index contributed by atoms with van der Waals surface area (Å²) in [7, 11) is 1.57. The van der Waals surface area contributed by atoms with E-state index in [1.807, 2.05) is 42.5 Å². The van der Waals surface area contributed by atoms with Crippen LogP contribution in [-0.4, -0.2) is 12.1 Å². The Balaban J connectivity index is 2.42. The Morgan fingerprint density at radius 1 is 1.18 bits per heavy atom. The van der Waals surface area contributed by atoms with Crippen molar-refractivity contribution < 1.29 is 4.74 Å². The second-order valence-corrected chi connectivity index (χ2v) is 3.57. The first-order valence-corrected chi connectivity index (χ1v) is 5.31. The van der Waals surface area contributed by atoms with E-state index >= 15 is 0 Å². The molecule has 17 heavy (non-hydrogen) atoms. The molecule has 0 radical (unpaired) electrons. The lowest BCUT2D eigenvalue weighted by atomic mass is 10.1. The number of aromatic nitrogens is 1. The number of pyridine rings is 1. The van der Waals surface area contributed by atoms with Crippen molar-refractivity contribution in [2.45, 2.75) is 6.42 Å². The molecule has 0 atom stereocenters. The third-order valence-corrected chi connectivity index (χ3v) is 2.47. The molecule has 0 unspecified atom stereocenters. The maximum atomic E-state index is 8.69. The molecule has 0 fully saturated rings. The van der Waals surface area contributed by atoms with Crippen LogP contribution in [0, 0.1) is 11.3 Å². The Hall–Kier alpha value is -2.34. The standard InChI is InChI=1S/C14H12N2O/c1-17-14-12(9-10-15)7-8-13(16-14)11-5-3-2-4-6-11/h2-8H,9H2,1H3. The van der Waals surface area contributed by atoms with Crippen LogP contribution >= 0.6 is 0 Å². The van der Waals surface area contributed by atoms with E-state index in [1.54, 1.807) is 7.11 Å². The highest BCUT2D eigenvalue weighted by atomic mass is 16.5. The fourth-order valence-corrected chi connectivity index (χ4v) is 1.64. The van der Waals surface area contributed by atoms with E-state index in [0.717, 1.165) is 16.8 Å². The van der Waals surface area contributed by atoms with Crippen LogP contribution in [-0.2, 0) is 6.42 Å². The second kappa shape index (κ2) is 5.13. The van der Waals surface area contributed by atoms with E-state index in [4.69, 9.17) is 10.00 Å². The number of nitrogens with zero attached hydrogens (tertiary/aromatic N) is 2. The number of rotatable bonds is 3. The number of hydrogen-bond donors (Lipinski definition) is 0. The number of benzene rings is 1. The van der Waals surface area contributed by atoms with E-state index in [1.165, 1.54) is 0 Å². The zero-order valence-electron chi connectivity index (χ0n) is 9.55. The predicted molar refractivity (Wildman–Crippen MR) is 65.5 cm³/mol. The minimum Gasteiger partial charge on any atom is -0.481 e. The molecule has 2 rings (SSSR count). The van der Waals surface area contributed by atoms with Gasteiger partial charge in [0, 0.05) is 11.1 Å². The van der Waals surface area contributed by atoms with Gasteiger partial charge in [-0.3, -0.25) is 0 Å². The minimum atomic E-state index is 0.311. The number of methoxy groups -OCH3 is 1. The average molecular weight is 224 g/mol. The number of hydrogen-bond acceptors (Lipinski definition) is 3. The summed E-state index contributed by atoms with van der Waals surface area (Å²) in [5.74, 6) is 0.521. The minimum absolute atomic E-state index is 0.311. The van der Waals surface area contributed by atoms with Crippen LogP contribution in [0.5, 0.6) is 5.88 Å². The van der Waals surface area contributed by atoms with E-state index in [0.29, 0.717) is 12.3 Å². The highest BCUT2D eigenvalue weighted by Gasteiger charge is 2.06. The first kappa shape index (κ1) is 11.2. The van der Waals surface area contributed by atoms with Crippen LogP contribution in [0.1, 0.15) is 5.56 Å². The van der Waals surface area contributed by atoms with Gasteiger partial charge in [0.2, 0.25) is 5.88 Å². The Morgan fingerprint density at radius 3 is 2.59 bits per heavy atom. The van der Waals surface area contributed by atoms with Crippen LogP contribution in [0.25, 0.3) is 11.3 Å². The van der Waals surface area contributed by atoms with Crippen molar-refractivity contribution in [3.8, 4) is 23.2 Å². The van der Waals surface area contributed by atoms with Crippen molar-refractivity contribution in [1.29, 1.82) is 5.26 Å². The maximum Gasteiger partial charge on any atom is 0.217 e. The summed E-state index contributed by atoms with van der Waals surface area (Å²) < 4.78 is 5.20. The molecule has 1 heterocycles. The van der Waals surface area contributed by atoms with Crippen molar-refractivity contribution in [3.63, 3.8) is 0 Å². The molecule has 0 saturated heterocycles. The van der Waals surface area contributed by atoms with Gasteiger partial charge in [0.1, 0.15) is 0 Å². The zero-order valence-corrected chi connectivity index (χ0v) is 9.55. The Labute approximate surface area is 100 Å². The Bertz CT molecular complexity index is 544. The molecule has 0 bridgehead atoms. The van der Waals surface area contributed by atoms with Gasteiger partial charge in [-0.05, 0) is 6.07 Å². The lowest BCUT2D eigenvalue weighted by Gasteiger charge is -2.07. The molecule has 84 valence electrons. The molecule has 3 heteroatoms. The largest absolute Gasteiger partial charge is 0.481 e. The highest BCUT2D eigenvalue weighted by molar-refractivity contribution is 5.60. The molecule has 0 spiro atoms. The molecule has 0 aliphatic heterocycles. The molecule has 0 aliphatic carbocycles. The van der Waals surface area contributed by atoms with Gasteiger partial charge in [-0.15, -0.1) is 0 Å². The summed E-state index contributed by atoms with van der Waals surface area (Å²) in [4.78, 5) is 4.41. The van der Waals surface area contributed by atoms with E-state index in [2.05, 4.69) is 11.1 Å². The van der Waals surface area contributed by atoms with Gasteiger partial charge in [-0.1, -0.05) is 36.4 Å². The monoisotopic (exact) mass is 224 g/mol. The van der Waals surface area contributed by atoms with Crippen molar-refractivity contribution >= 4 is 0 Å². The van der Waals surface area contributed by atoms with Gasteiger partial charge in [0.15, 0.2) is 0 Å². The molecule has 0 N–H and O–H groups in total. The Kier molecular flexibility index (Phi) is 3.37. The summed E-state index contributed by atoms with van der Waals surface area (Å²) >= 11 is 0. The fourth-order valence-electron chi connectivity index (χ4n) is 1.64. The molecule has 3 nitrogen and oxygen atoms in total. The van der Waals surface area contributed by atoms with Gasteiger partial charge in [0.25, 0.3) is 0 Å². The van der Waals surface area contributed by atoms with Gasteiger partial charge >= 0.3 is 0 Å². The van der Waals surface area contributed by atoms with Gasteiger partial charge < -0.3 is 4.74 Å². The first-order chi connectivity index (χ1) is 8.35. The highest BCUT2D eigenvalue weighted by Crippen LogP contribution is 2.23. The lowest BCUT2D eigenvalue weighted by molar-refractivity contribution is 0.394. The van der Waals surface area contributed by atoms with Gasteiger partial charge in [-0.2, -0.15) is 5.26 Å². The fraction of sp³-hybridized carbons (Fsp3) is 0.143. The smallest absolute Gasteiger partial charge is 0.217 e. The SMILES string of the molecule is COc1nc(-c2ccccc2)ccc1CC#N. The first-order valence-electron chi connectivity index (χ1n) is 5.31. The average Bonchev–Trinajstić information content (AvgIpc) is 2.40. The zero-order chi connectivity index (χ0) is 12.1. The third kappa shape index (κ3) is 2.43. The van der Waals surface area contributed by atoms with Crippen LogP contribution in [0.2, 0.25) is 0 Å². The molecule has 1 aromatic heterocycles. The summed E-state index contributed by atoms with van der Waals surface area (Å²) in [6.07, 6.45) is 0.311. The van der Waals surface area contributed by atoms with Crippen LogP contribution in [0.3, 0.4) is 0 Å². The second-order valence-electron chi connectivity index (χ2n) is 3.57. The summed E-state index contributed by atoms with van der Waals surface area (Å²) in [6.45, 7) is 0. The van der Waals surface area contributed by atoms with Crippen molar-refractivity contribution in [1.82, 2.24) is 4.98 Å². The normalized spacial score (nSPS) is 9.65.